The number of halogens is 2. The lowest BCUT2D eigenvalue weighted by atomic mass is 10.2. The average Bonchev–Trinajstić information content (AvgIpc) is 2.50. The van der Waals surface area contributed by atoms with Gasteiger partial charge < -0.3 is 20.3 Å². The maximum absolute atomic E-state index is 12.8. The molecule has 5 nitrogen and oxygen atoms in total. The van der Waals surface area contributed by atoms with Gasteiger partial charge in [-0.3, -0.25) is 4.99 Å². The smallest absolute Gasteiger partial charge is 0.191 e. The summed E-state index contributed by atoms with van der Waals surface area (Å²) in [5.41, 5.74) is 1.01. The Morgan fingerprint density at radius 3 is 2.50 bits per heavy atom. The van der Waals surface area contributed by atoms with Crippen LogP contribution < -0.4 is 10.6 Å². The minimum absolute atomic E-state index is 0. The molecule has 0 saturated carbocycles. The third-order valence-electron chi connectivity index (χ3n) is 3.06. The molecule has 0 spiro atoms. The van der Waals surface area contributed by atoms with Crippen molar-refractivity contribution in [2.75, 3.05) is 47.4 Å². The Kier molecular flexibility index (Phi) is 12.1. The van der Waals surface area contributed by atoms with Crippen LogP contribution in [0, 0.1) is 5.82 Å². The molecular weight excluding hydrogens is 398 g/mol. The van der Waals surface area contributed by atoms with E-state index in [0.717, 1.165) is 37.8 Å². The number of hydrogen-bond acceptors (Lipinski definition) is 3. The second-order valence-corrected chi connectivity index (χ2v) is 4.78. The highest BCUT2D eigenvalue weighted by Crippen LogP contribution is 2.01. The van der Waals surface area contributed by atoms with Gasteiger partial charge in [-0.1, -0.05) is 12.1 Å². The van der Waals surface area contributed by atoms with Crippen LogP contribution >= 0.6 is 24.0 Å². The zero-order valence-electron chi connectivity index (χ0n) is 13.4. The summed E-state index contributed by atoms with van der Waals surface area (Å²) in [6.45, 7) is 3.94. The van der Waals surface area contributed by atoms with Gasteiger partial charge in [0.2, 0.25) is 0 Å². The predicted octanol–water partition coefficient (Wildman–Crippen LogP) is 1.69. The second-order valence-electron chi connectivity index (χ2n) is 4.78. The summed E-state index contributed by atoms with van der Waals surface area (Å²) in [7, 11) is 5.48. The Morgan fingerprint density at radius 2 is 1.91 bits per heavy atom. The zero-order valence-corrected chi connectivity index (χ0v) is 15.8. The SMILES string of the molecule is CN=C(NCCN(C)CCOC)NCc1ccc(F)cc1.I. The first-order valence-corrected chi connectivity index (χ1v) is 7.02. The fourth-order valence-corrected chi connectivity index (χ4v) is 1.73. The first-order valence-electron chi connectivity index (χ1n) is 7.02. The quantitative estimate of drug-likeness (QED) is 0.379. The molecule has 0 fully saturated rings. The number of benzene rings is 1. The Labute approximate surface area is 149 Å². The third-order valence-corrected chi connectivity index (χ3v) is 3.06. The first kappa shape index (κ1) is 21.1. The molecule has 0 bridgehead atoms. The molecule has 1 aromatic rings. The highest BCUT2D eigenvalue weighted by atomic mass is 127. The van der Waals surface area contributed by atoms with E-state index in [2.05, 4.69) is 27.6 Å². The van der Waals surface area contributed by atoms with Crippen LogP contribution in [0.4, 0.5) is 4.39 Å². The molecule has 7 heteroatoms. The van der Waals surface area contributed by atoms with Crippen molar-refractivity contribution in [3.8, 4) is 0 Å². The molecule has 0 atom stereocenters. The van der Waals surface area contributed by atoms with E-state index < -0.39 is 0 Å². The number of methoxy groups -OCH3 is 1. The number of nitrogens with one attached hydrogen (secondary N) is 2. The Morgan fingerprint density at radius 1 is 1.23 bits per heavy atom. The van der Waals surface area contributed by atoms with Crippen LogP contribution in [0.15, 0.2) is 29.3 Å². The summed E-state index contributed by atoms with van der Waals surface area (Å²) in [6, 6.07) is 6.43. The molecule has 2 N–H and O–H groups in total. The molecular formula is C15H26FIN4O. The van der Waals surface area contributed by atoms with Crippen LogP contribution in [-0.4, -0.2) is 58.3 Å². The van der Waals surface area contributed by atoms with E-state index in [9.17, 15) is 4.39 Å². The highest BCUT2D eigenvalue weighted by molar-refractivity contribution is 14.0. The first-order chi connectivity index (χ1) is 10.2. The van der Waals surface area contributed by atoms with E-state index in [1.165, 1.54) is 12.1 Å². The third kappa shape index (κ3) is 9.16. The van der Waals surface area contributed by atoms with Gasteiger partial charge in [0.15, 0.2) is 5.96 Å². The molecule has 1 rings (SSSR count). The van der Waals surface area contributed by atoms with E-state index in [-0.39, 0.29) is 29.8 Å². The Hall–Kier alpha value is -0.930. The largest absolute Gasteiger partial charge is 0.383 e. The Bertz CT molecular complexity index is 428. The van der Waals surface area contributed by atoms with Gasteiger partial charge in [-0.15, -0.1) is 24.0 Å². The van der Waals surface area contributed by atoms with Gasteiger partial charge in [0, 0.05) is 40.3 Å². The van der Waals surface area contributed by atoms with Gasteiger partial charge in [0.05, 0.1) is 6.61 Å². The van der Waals surface area contributed by atoms with Gasteiger partial charge in [0.25, 0.3) is 0 Å². The van der Waals surface area contributed by atoms with Crippen molar-refractivity contribution in [2.24, 2.45) is 4.99 Å². The van der Waals surface area contributed by atoms with Gasteiger partial charge in [-0.25, -0.2) is 4.39 Å². The number of aliphatic imine (C=N–C) groups is 1. The number of rotatable bonds is 8. The molecule has 0 aliphatic heterocycles. The molecule has 126 valence electrons. The van der Waals surface area contributed by atoms with E-state index in [0.29, 0.717) is 6.54 Å². The standard InChI is InChI=1S/C15H25FN4O.HI/c1-17-15(18-8-9-20(2)10-11-21-3)19-12-13-4-6-14(16)7-5-13;/h4-7H,8-12H2,1-3H3,(H2,17,18,19);1H. The summed E-state index contributed by atoms with van der Waals surface area (Å²) in [5.74, 6) is 0.514. The highest BCUT2D eigenvalue weighted by Gasteiger charge is 2.01. The molecule has 0 aliphatic rings. The number of guanidine groups is 1. The van der Waals surface area contributed by atoms with Crippen LogP contribution in [0.25, 0.3) is 0 Å². The van der Waals surface area contributed by atoms with Crippen molar-refractivity contribution in [2.45, 2.75) is 6.54 Å². The lowest BCUT2D eigenvalue weighted by Crippen LogP contribution is -2.41. The van der Waals surface area contributed by atoms with Crippen molar-refractivity contribution in [3.05, 3.63) is 35.6 Å². The summed E-state index contributed by atoms with van der Waals surface area (Å²) < 4.78 is 17.8. The average molecular weight is 424 g/mol. The molecule has 22 heavy (non-hydrogen) atoms. The van der Waals surface area contributed by atoms with E-state index in [1.54, 1.807) is 26.3 Å². The van der Waals surface area contributed by atoms with Crippen molar-refractivity contribution < 1.29 is 9.13 Å². The van der Waals surface area contributed by atoms with E-state index >= 15 is 0 Å². The summed E-state index contributed by atoms with van der Waals surface area (Å²) in [4.78, 5) is 6.34. The van der Waals surface area contributed by atoms with Crippen LogP contribution in [-0.2, 0) is 11.3 Å². The zero-order chi connectivity index (χ0) is 15.5. The summed E-state index contributed by atoms with van der Waals surface area (Å²) in [6.07, 6.45) is 0. The molecule has 0 aliphatic carbocycles. The van der Waals surface area contributed by atoms with Crippen LogP contribution in [0.2, 0.25) is 0 Å². The van der Waals surface area contributed by atoms with Gasteiger partial charge >= 0.3 is 0 Å². The van der Waals surface area contributed by atoms with E-state index in [1.807, 2.05) is 0 Å². The van der Waals surface area contributed by atoms with Crippen LogP contribution in [0.3, 0.4) is 0 Å². The monoisotopic (exact) mass is 424 g/mol. The summed E-state index contributed by atoms with van der Waals surface area (Å²) in [5, 5.41) is 6.44. The second kappa shape index (κ2) is 12.6. The van der Waals surface area contributed by atoms with Crippen molar-refractivity contribution in [3.63, 3.8) is 0 Å². The molecule has 0 aromatic heterocycles. The number of likely N-dealkylation sites (N-methyl/N-ethyl adjacent to an activating group) is 1. The van der Waals surface area contributed by atoms with Gasteiger partial charge in [0.1, 0.15) is 5.82 Å². The normalized spacial score (nSPS) is 11.2. The van der Waals surface area contributed by atoms with Gasteiger partial charge in [-0.05, 0) is 24.7 Å². The fraction of sp³-hybridized carbons (Fsp3) is 0.533. The summed E-state index contributed by atoms with van der Waals surface area (Å²) >= 11 is 0. The molecule has 0 unspecified atom stereocenters. The molecule has 1 aromatic carbocycles. The minimum Gasteiger partial charge on any atom is -0.383 e. The molecule has 0 amide bonds. The van der Waals surface area contributed by atoms with Crippen LogP contribution in [0.1, 0.15) is 5.56 Å². The van der Waals surface area contributed by atoms with Crippen molar-refractivity contribution in [1.82, 2.24) is 15.5 Å². The fourth-order valence-electron chi connectivity index (χ4n) is 1.73. The Balaban J connectivity index is 0.00000441. The van der Waals surface area contributed by atoms with Gasteiger partial charge in [-0.2, -0.15) is 0 Å². The maximum atomic E-state index is 12.8. The minimum atomic E-state index is -0.222. The molecule has 0 radical (unpaired) electrons. The lowest BCUT2D eigenvalue weighted by molar-refractivity contribution is 0.162. The van der Waals surface area contributed by atoms with E-state index in [4.69, 9.17) is 4.74 Å². The van der Waals surface area contributed by atoms with Crippen molar-refractivity contribution >= 4 is 29.9 Å². The van der Waals surface area contributed by atoms with Crippen molar-refractivity contribution in [1.29, 1.82) is 0 Å². The lowest BCUT2D eigenvalue weighted by Gasteiger charge is -2.17. The number of nitrogens with zero attached hydrogens (tertiary/aromatic N) is 2. The molecule has 0 saturated heterocycles. The predicted molar refractivity (Wildman–Crippen MR) is 99.4 cm³/mol. The number of hydrogen-bond donors (Lipinski definition) is 2. The number of ether oxygens (including phenoxy) is 1. The van der Waals surface area contributed by atoms with Crippen LogP contribution in [0.5, 0.6) is 0 Å². The topological polar surface area (TPSA) is 48.9 Å². The maximum Gasteiger partial charge on any atom is 0.191 e. The molecule has 0 heterocycles.